The summed E-state index contributed by atoms with van der Waals surface area (Å²) in [7, 11) is 0. The molecule has 1 aromatic carbocycles. The summed E-state index contributed by atoms with van der Waals surface area (Å²) in [6.45, 7) is 5.78. The molecular weight excluding hydrogens is 308 g/mol. The number of hydrogen-bond acceptors (Lipinski definition) is 4. The van der Waals surface area contributed by atoms with Gasteiger partial charge in [-0.2, -0.15) is 0 Å². The summed E-state index contributed by atoms with van der Waals surface area (Å²) in [6, 6.07) is 8.28. The van der Waals surface area contributed by atoms with E-state index in [4.69, 9.17) is 11.6 Å². The van der Waals surface area contributed by atoms with Gasteiger partial charge in [-0.15, -0.1) is 11.3 Å². The molecule has 5 heteroatoms. The number of thioether (sulfide) groups is 1. The molecule has 4 rings (SSSR count). The van der Waals surface area contributed by atoms with Crippen LogP contribution >= 0.6 is 34.7 Å². The van der Waals surface area contributed by atoms with Gasteiger partial charge in [0.2, 0.25) is 0 Å². The summed E-state index contributed by atoms with van der Waals surface area (Å²) in [6.07, 6.45) is 1.93. The molecule has 0 unspecified atom stereocenters. The fraction of sp³-hybridized carbons (Fsp3) is 0.133. The lowest BCUT2D eigenvalue weighted by atomic mass is 10.2. The molecule has 1 aromatic heterocycles. The molecular formula is C15H11ClN2S2. The van der Waals surface area contributed by atoms with Crippen LogP contribution in [0.1, 0.15) is 4.88 Å². The van der Waals surface area contributed by atoms with Crippen molar-refractivity contribution in [1.29, 1.82) is 0 Å². The average Bonchev–Trinajstić information content (AvgIpc) is 3.09. The van der Waals surface area contributed by atoms with Crippen molar-refractivity contribution >= 4 is 55.7 Å². The first-order valence-corrected chi connectivity index (χ1v) is 8.33. The highest BCUT2D eigenvalue weighted by atomic mass is 35.5. The van der Waals surface area contributed by atoms with E-state index < -0.39 is 0 Å². The van der Waals surface area contributed by atoms with Crippen molar-refractivity contribution in [1.82, 2.24) is 4.90 Å². The highest BCUT2D eigenvalue weighted by molar-refractivity contribution is 8.17. The maximum Gasteiger partial charge on any atom is 0.168 e. The molecule has 0 saturated carbocycles. The second-order valence-corrected chi connectivity index (χ2v) is 7.16. The summed E-state index contributed by atoms with van der Waals surface area (Å²) in [5, 5.41) is 3.12. The summed E-state index contributed by atoms with van der Waals surface area (Å²) in [4.78, 5) is 9.30. The Balaban J connectivity index is 1.88. The standard InChI is InChI=1S/C15H11ClN2S2/c1-2-11-14(18-6-5-17-15(18)20-11)13-7-9-3-4-10(16)8-12(9)19-13/h2-4,7-8H,1,5-6H2. The number of benzene rings is 1. The number of rotatable bonds is 2. The second-order valence-electron chi connectivity index (χ2n) is 4.63. The van der Waals surface area contributed by atoms with Gasteiger partial charge in [-0.05, 0) is 35.3 Å². The van der Waals surface area contributed by atoms with Crippen molar-refractivity contribution in [3.63, 3.8) is 0 Å². The molecule has 0 radical (unpaired) electrons. The van der Waals surface area contributed by atoms with E-state index in [0.29, 0.717) is 0 Å². The van der Waals surface area contributed by atoms with E-state index in [0.717, 1.165) is 23.3 Å². The zero-order chi connectivity index (χ0) is 13.7. The molecule has 2 aliphatic heterocycles. The first-order chi connectivity index (χ1) is 9.76. The number of thiophene rings is 1. The van der Waals surface area contributed by atoms with Crippen molar-refractivity contribution < 1.29 is 0 Å². The molecule has 0 spiro atoms. The molecule has 2 aliphatic rings. The summed E-state index contributed by atoms with van der Waals surface area (Å²) >= 11 is 9.57. The van der Waals surface area contributed by atoms with Crippen molar-refractivity contribution in [2.24, 2.45) is 4.99 Å². The highest BCUT2D eigenvalue weighted by Crippen LogP contribution is 2.45. The van der Waals surface area contributed by atoms with E-state index >= 15 is 0 Å². The monoisotopic (exact) mass is 318 g/mol. The minimum absolute atomic E-state index is 0.785. The molecule has 100 valence electrons. The van der Waals surface area contributed by atoms with Crippen LogP contribution in [0.5, 0.6) is 0 Å². The minimum Gasteiger partial charge on any atom is -0.317 e. The van der Waals surface area contributed by atoms with Gasteiger partial charge in [-0.25, -0.2) is 0 Å². The van der Waals surface area contributed by atoms with Gasteiger partial charge in [0.25, 0.3) is 0 Å². The van der Waals surface area contributed by atoms with Crippen LogP contribution in [-0.2, 0) is 0 Å². The Morgan fingerprint density at radius 1 is 1.35 bits per heavy atom. The van der Waals surface area contributed by atoms with Gasteiger partial charge in [-0.1, -0.05) is 30.3 Å². The number of fused-ring (bicyclic) bond motifs is 2. The zero-order valence-electron chi connectivity index (χ0n) is 10.6. The predicted molar refractivity (Wildman–Crippen MR) is 90.6 cm³/mol. The van der Waals surface area contributed by atoms with Gasteiger partial charge in [-0.3, -0.25) is 4.99 Å². The maximum atomic E-state index is 6.08. The van der Waals surface area contributed by atoms with Gasteiger partial charge < -0.3 is 4.90 Å². The number of aliphatic imine (C=N–C) groups is 1. The van der Waals surface area contributed by atoms with Crippen molar-refractivity contribution in [2.45, 2.75) is 0 Å². The van der Waals surface area contributed by atoms with Gasteiger partial charge in [0, 0.05) is 21.2 Å². The van der Waals surface area contributed by atoms with E-state index in [9.17, 15) is 0 Å². The van der Waals surface area contributed by atoms with Gasteiger partial charge >= 0.3 is 0 Å². The smallest absolute Gasteiger partial charge is 0.168 e. The lowest BCUT2D eigenvalue weighted by molar-refractivity contribution is 0.650. The molecule has 0 bridgehead atoms. The van der Waals surface area contributed by atoms with Crippen molar-refractivity contribution in [3.8, 4) is 0 Å². The molecule has 3 heterocycles. The predicted octanol–water partition coefficient (Wildman–Crippen LogP) is 4.83. The van der Waals surface area contributed by atoms with Gasteiger partial charge in [0.05, 0.1) is 17.1 Å². The van der Waals surface area contributed by atoms with Crippen LogP contribution in [0.4, 0.5) is 0 Å². The van der Waals surface area contributed by atoms with E-state index in [1.54, 1.807) is 23.1 Å². The van der Waals surface area contributed by atoms with E-state index in [2.05, 4.69) is 28.6 Å². The first kappa shape index (κ1) is 12.5. The van der Waals surface area contributed by atoms with Crippen LogP contribution in [0.2, 0.25) is 5.02 Å². The van der Waals surface area contributed by atoms with Crippen LogP contribution in [0.3, 0.4) is 0 Å². The molecule has 20 heavy (non-hydrogen) atoms. The SMILES string of the molecule is C=CC1=C(c2cc3ccc(Cl)cc3s2)N2CCN=C2S1. The minimum atomic E-state index is 0.785. The van der Waals surface area contributed by atoms with E-state index in [1.807, 2.05) is 18.2 Å². The van der Waals surface area contributed by atoms with Crippen LogP contribution in [0.25, 0.3) is 15.8 Å². The van der Waals surface area contributed by atoms with E-state index in [1.165, 1.54) is 25.6 Å². The fourth-order valence-corrected chi connectivity index (χ4v) is 5.03. The zero-order valence-corrected chi connectivity index (χ0v) is 13.0. The molecule has 0 amide bonds. The van der Waals surface area contributed by atoms with E-state index in [-0.39, 0.29) is 0 Å². The lowest BCUT2D eigenvalue weighted by Gasteiger charge is -2.15. The number of halogens is 1. The van der Waals surface area contributed by atoms with Crippen LogP contribution in [-0.4, -0.2) is 23.2 Å². The second kappa shape index (κ2) is 4.65. The first-order valence-electron chi connectivity index (χ1n) is 6.32. The highest BCUT2D eigenvalue weighted by Gasteiger charge is 2.32. The van der Waals surface area contributed by atoms with Crippen LogP contribution < -0.4 is 0 Å². The molecule has 2 nitrogen and oxygen atoms in total. The average molecular weight is 319 g/mol. The Labute approximate surface area is 130 Å². The van der Waals surface area contributed by atoms with Gasteiger partial charge in [0.15, 0.2) is 5.17 Å². The molecule has 0 fully saturated rings. The molecule has 0 atom stereocenters. The van der Waals surface area contributed by atoms with Crippen molar-refractivity contribution in [3.05, 3.63) is 51.7 Å². The Morgan fingerprint density at radius 3 is 3.10 bits per heavy atom. The molecule has 0 saturated heterocycles. The van der Waals surface area contributed by atoms with Crippen molar-refractivity contribution in [2.75, 3.05) is 13.1 Å². The van der Waals surface area contributed by atoms with Crippen LogP contribution in [0, 0.1) is 0 Å². The Bertz CT molecular complexity index is 788. The topological polar surface area (TPSA) is 15.6 Å². The Morgan fingerprint density at radius 2 is 2.25 bits per heavy atom. The Kier molecular flexibility index (Phi) is 2.91. The quantitative estimate of drug-likeness (QED) is 0.788. The lowest BCUT2D eigenvalue weighted by Crippen LogP contribution is -2.19. The number of amidine groups is 1. The fourth-order valence-electron chi connectivity index (χ4n) is 2.52. The molecule has 0 N–H and O–H groups in total. The Hall–Kier alpha value is -1.23. The van der Waals surface area contributed by atoms with Gasteiger partial charge in [0.1, 0.15) is 0 Å². The number of nitrogens with zero attached hydrogens (tertiary/aromatic N) is 2. The third-order valence-electron chi connectivity index (χ3n) is 3.41. The maximum absolute atomic E-state index is 6.08. The largest absolute Gasteiger partial charge is 0.317 e. The summed E-state index contributed by atoms with van der Waals surface area (Å²) in [5.74, 6) is 0. The van der Waals surface area contributed by atoms with Crippen LogP contribution in [0.15, 0.2) is 46.8 Å². The molecule has 0 aliphatic carbocycles. The normalized spacial score (nSPS) is 17.9. The summed E-state index contributed by atoms with van der Waals surface area (Å²) < 4.78 is 1.22. The number of allylic oxidation sites excluding steroid dienone is 1. The summed E-state index contributed by atoms with van der Waals surface area (Å²) in [5.41, 5.74) is 1.25. The third-order valence-corrected chi connectivity index (χ3v) is 5.86. The molecule has 2 aromatic rings. The number of hydrogen-bond donors (Lipinski definition) is 0. The third kappa shape index (κ3) is 1.83.